The van der Waals surface area contributed by atoms with Crippen LogP contribution in [0.2, 0.25) is 0 Å². The molecule has 5 heteroatoms. The van der Waals surface area contributed by atoms with E-state index in [1.165, 1.54) is 6.92 Å². The van der Waals surface area contributed by atoms with Crippen LogP contribution in [0.25, 0.3) is 0 Å². The van der Waals surface area contributed by atoms with Crippen LogP contribution in [0, 0.1) is 0 Å². The summed E-state index contributed by atoms with van der Waals surface area (Å²) < 4.78 is 0.930. The number of benzene rings is 1. The highest BCUT2D eigenvalue weighted by atomic mass is 79.9. The van der Waals surface area contributed by atoms with Crippen molar-refractivity contribution in [1.29, 1.82) is 0 Å². The second-order valence-corrected chi connectivity index (χ2v) is 6.81. The SMILES string of the molecule is CC(=O)CC[C@@H]1N=C(c2ccccn2)c2cc(Br)ccc2CC1=O. The van der Waals surface area contributed by atoms with Crippen molar-refractivity contribution >= 4 is 33.2 Å². The number of carbonyl (C=O) groups is 2. The van der Waals surface area contributed by atoms with Gasteiger partial charge >= 0.3 is 0 Å². The highest BCUT2D eigenvalue weighted by Crippen LogP contribution is 2.25. The van der Waals surface area contributed by atoms with E-state index in [0.29, 0.717) is 25.0 Å². The van der Waals surface area contributed by atoms with Crippen molar-refractivity contribution < 1.29 is 9.59 Å². The molecule has 2 aromatic rings. The molecule has 0 radical (unpaired) electrons. The minimum absolute atomic E-state index is 0.0470. The van der Waals surface area contributed by atoms with Gasteiger partial charge in [0.2, 0.25) is 0 Å². The molecule has 0 unspecified atom stereocenters. The molecule has 0 fully saturated rings. The lowest BCUT2D eigenvalue weighted by atomic mass is 9.97. The number of carbonyl (C=O) groups excluding carboxylic acids is 2. The number of aliphatic imine (C=N–C) groups is 1. The Labute approximate surface area is 149 Å². The second-order valence-electron chi connectivity index (χ2n) is 5.89. The van der Waals surface area contributed by atoms with Gasteiger partial charge in [0.15, 0.2) is 5.78 Å². The zero-order valence-corrected chi connectivity index (χ0v) is 14.9. The van der Waals surface area contributed by atoms with Crippen LogP contribution in [-0.4, -0.2) is 28.3 Å². The monoisotopic (exact) mass is 384 g/mol. The zero-order valence-electron chi connectivity index (χ0n) is 13.3. The third-order valence-corrected chi connectivity index (χ3v) is 4.52. The van der Waals surface area contributed by atoms with Crippen molar-refractivity contribution in [2.45, 2.75) is 32.2 Å². The maximum absolute atomic E-state index is 12.6. The van der Waals surface area contributed by atoms with Crippen LogP contribution >= 0.6 is 15.9 Å². The smallest absolute Gasteiger partial charge is 0.161 e. The Hall–Kier alpha value is -2.14. The highest BCUT2D eigenvalue weighted by Gasteiger charge is 2.26. The Morgan fingerprint density at radius 1 is 1.29 bits per heavy atom. The van der Waals surface area contributed by atoms with Crippen molar-refractivity contribution in [2.75, 3.05) is 0 Å². The number of hydrogen-bond acceptors (Lipinski definition) is 4. The topological polar surface area (TPSA) is 59.4 Å². The Kier molecular flexibility index (Phi) is 5.00. The van der Waals surface area contributed by atoms with Gasteiger partial charge in [-0.15, -0.1) is 0 Å². The van der Waals surface area contributed by atoms with Crippen LogP contribution in [0.4, 0.5) is 0 Å². The third kappa shape index (κ3) is 3.67. The summed E-state index contributed by atoms with van der Waals surface area (Å²) in [5.41, 5.74) is 3.31. The van der Waals surface area contributed by atoms with Gasteiger partial charge in [-0.2, -0.15) is 0 Å². The van der Waals surface area contributed by atoms with Gasteiger partial charge in [-0.05, 0) is 43.2 Å². The van der Waals surface area contributed by atoms with E-state index in [1.54, 1.807) is 6.20 Å². The predicted molar refractivity (Wildman–Crippen MR) is 96.4 cm³/mol. The number of hydrogen-bond donors (Lipinski definition) is 0. The van der Waals surface area contributed by atoms with E-state index < -0.39 is 6.04 Å². The zero-order chi connectivity index (χ0) is 17.1. The van der Waals surface area contributed by atoms with Gasteiger partial charge in [0.25, 0.3) is 0 Å². The quantitative estimate of drug-likeness (QED) is 0.809. The molecule has 0 saturated heterocycles. The van der Waals surface area contributed by atoms with Crippen LogP contribution in [-0.2, 0) is 16.0 Å². The first-order valence-electron chi connectivity index (χ1n) is 7.85. The summed E-state index contributed by atoms with van der Waals surface area (Å²) in [6, 6.07) is 11.0. The van der Waals surface area contributed by atoms with E-state index in [2.05, 4.69) is 20.9 Å². The third-order valence-electron chi connectivity index (χ3n) is 4.03. The Bertz CT molecular complexity index is 815. The molecule has 0 amide bonds. The van der Waals surface area contributed by atoms with E-state index in [4.69, 9.17) is 4.99 Å². The molecule has 24 heavy (non-hydrogen) atoms. The lowest BCUT2D eigenvalue weighted by Gasteiger charge is -2.10. The summed E-state index contributed by atoms with van der Waals surface area (Å²) in [5, 5.41) is 0. The molecular weight excluding hydrogens is 368 g/mol. The number of Topliss-reactive ketones (excluding diaryl/α,β-unsaturated/α-hetero) is 2. The number of halogens is 1. The molecule has 4 nitrogen and oxygen atoms in total. The molecule has 0 aliphatic carbocycles. The molecule has 1 aromatic heterocycles. The van der Waals surface area contributed by atoms with E-state index in [9.17, 15) is 9.59 Å². The summed E-state index contributed by atoms with van der Waals surface area (Å²) in [7, 11) is 0. The fraction of sp³-hybridized carbons (Fsp3) is 0.263. The lowest BCUT2D eigenvalue weighted by molar-refractivity contribution is -0.120. The van der Waals surface area contributed by atoms with Gasteiger partial charge in [0, 0.05) is 29.1 Å². The predicted octanol–water partition coefficient (Wildman–Crippen LogP) is 3.54. The largest absolute Gasteiger partial charge is 0.300 e. The molecule has 0 spiro atoms. The average molecular weight is 385 g/mol. The van der Waals surface area contributed by atoms with Gasteiger partial charge in [-0.3, -0.25) is 14.8 Å². The maximum atomic E-state index is 12.6. The van der Waals surface area contributed by atoms with Crippen LogP contribution in [0.5, 0.6) is 0 Å². The number of fused-ring (bicyclic) bond motifs is 1. The van der Waals surface area contributed by atoms with E-state index >= 15 is 0 Å². The number of aromatic nitrogens is 1. The minimum atomic E-state index is -0.503. The number of ketones is 2. The number of nitrogens with zero attached hydrogens (tertiary/aromatic N) is 2. The Balaban J connectivity index is 2.10. The van der Waals surface area contributed by atoms with E-state index in [-0.39, 0.29) is 11.6 Å². The van der Waals surface area contributed by atoms with E-state index in [1.807, 2.05) is 36.4 Å². The normalized spacial score (nSPS) is 17.0. The molecule has 0 bridgehead atoms. The second kappa shape index (κ2) is 7.18. The van der Waals surface area contributed by atoms with Gasteiger partial charge in [0.05, 0.1) is 11.4 Å². The fourth-order valence-electron chi connectivity index (χ4n) is 2.80. The first-order chi connectivity index (χ1) is 11.5. The Morgan fingerprint density at radius 3 is 2.83 bits per heavy atom. The molecule has 0 saturated carbocycles. The summed E-state index contributed by atoms with van der Waals surface area (Å²) in [6.45, 7) is 1.54. The average Bonchev–Trinajstić information content (AvgIpc) is 2.70. The van der Waals surface area contributed by atoms with Crippen molar-refractivity contribution in [3.8, 4) is 0 Å². The van der Waals surface area contributed by atoms with Crippen molar-refractivity contribution in [1.82, 2.24) is 4.98 Å². The van der Waals surface area contributed by atoms with Crippen molar-refractivity contribution in [3.05, 3.63) is 63.9 Å². The first kappa shape index (κ1) is 16.7. The molecule has 1 aliphatic heterocycles. The first-order valence-corrected chi connectivity index (χ1v) is 8.64. The number of rotatable bonds is 4. The lowest BCUT2D eigenvalue weighted by Crippen LogP contribution is -2.21. The molecule has 1 aliphatic rings. The Morgan fingerprint density at radius 2 is 2.12 bits per heavy atom. The van der Waals surface area contributed by atoms with Gasteiger partial charge in [-0.25, -0.2) is 0 Å². The summed E-state index contributed by atoms with van der Waals surface area (Å²) >= 11 is 3.49. The summed E-state index contributed by atoms with van der Waals surface area (Å²) in [6.07, 6.45) is 2.84. The molecule has 1 aromatic carbocycles. The number of pyridine rings is 1. The minimum Gasteiger partial charge on any atom is -0.300 e. The molecule has 122 valence electrons. The summed E-state index contributed by atoms with van der Waals surface area (Å²) in [5.74, 6) is 0.118. The van der Waals surface area contributed by atoms with Crippen LogP contribution in [0.3, 0.4) is 0 Å². The summed E-state index contributed by atoms with van der Waals surface area (Å²) in [4.78, 5) is 33.0. The van der Waals surface area contributed by atoms with E-state index in [0.717, 1.165) is 21.3 Å². The van der Waals surface area contributed by atoms with Crippen LogP contribution < -0.4 is 0 Å². The van der Waals surface area contributed by atoms with Gasteiger partial charge in [0.1, 0.15) is 11.8 Å². The highest BCUT2D eigenvalue weighted by molar-refractivity contribution is 9.10. The van der Waals surface area contributed by atoms with Crippen molar-refractivity contribution in [2.24, 2.45) is 4.99 Å². The maximum Gasteiger partial charge on any atom is 0.161 e. The van der Waals surface area contributed by atoms with Gasteiger partial charge < -0.3 is 4.79 Å². The molecule has 2 heterocycles. The standard InChI is InChI=1S/C19H17BrN2O2/c1-12(23)5-8-16-18(24)10-13-6-7-14(20)11-15(13)19(22-16)17-4-2-3-9-21-17/h2-4,6-7,9,11,16H,5,8,10H2,1H3/t16-/m0/s1. The molecule has 3 rings (SSSR count). The molecule has 1 atom stereocenters. The van der Waals surface area contributed by atoms with Crippen LogP contribution in [0.15, 0.2) is 52.1 Å². The fourth-order valence-corrected chi connectivity index (χ4v) is 3.16. The molecule has 0 N–H and O–H groups in total. The van der Waals surface area contributed by atoms with Gasteiger partial charge in [-0.1, -0.05) is 28.1 Å². The van der Waals surface area contributed by atoms with Crippen molar-refractivity contribution in [3.63, 3.8) is 0 Å². The van der Waals surface area contributed by atoms with Crippen LogP contribution in [0.1, 0.15) is 36.6 Å². The molecular formula is C19H17BrN2O2.